The Bertz CT molecular complexity index is 1360. The number of ketones is 1. The van der Waals surface area contributed by atoms with Crippen molar-refractivity contribution in [2.45, 2.75) is 44.7 Å². The molecule has 1 saturated heterocycles. The molecule has 5 nitrogen and oxygen atoms in total. The van der Waals surface area contributed by atoms with Gasteiger partial charge in [-0.2, -0.15) is 26.3 Å². The van der Waals surface area contributed by atoms with E-state index in [9.17, 15) is 31.1 Å². The van der Waals surface area contributed by atoms with Gasteiger partial charge in [0.1, 0.15) is 0 Å². The van der Waals surface area contributed by atoms with Crippen LogP contribution in [0.3, 0.4) is 0 Å². The van der Waals surface area contributed by atoms with Crippen LogP contribution in [0.5, 0.6) is 0 Å². The van der Waals surface area contributed by atoms with Crippen LogP contribution in [-0.2, 0) is 25.3 Å². The Hall–Kier alpha value is -3.28. The van der Waals surface area contributed by atoms with E-state index in [1.807, 2.05) is 56.1 Å². The molecule has 1 unspecified atom stereocenters. The second-order valence-electron chi connectivity index (χ2n) is 11.1. The number of piperazine rings is 1. The molecule has 2 aromatic carbocycles. The van der Waals surface area contributed by atoms with Crippen molar-refractivity contribution in [3.05, 3.63) is 99.9 Å². The highest BCUT2D eigenvalue weighted by molar-refractivity contribution is 6.04. The number of halogens is 6. The van der Waals surface area contributed by atoms with Crippen molar-refractivity contribution in [1.29, 1.82) is 0 Å². The Labute approximate surface area is 241 Å². The molecular weight excluding hydrogens is 558 g/mol. The number of nitrogens with zero attached hydrogens (tertiary/aromatic N) is 3. The first kappa shape index (κ1) is 31.7. The minimum absolute atomic E-state index is 0.0471. The van der Waals surface area contributed by atoms with Gasteiger partial charge in [-0.15, -0.1) is 0 Å². The molecule has 11 heteroatoms. The lowest BCUT2D eigenvalue weighted by atomic mass is 9.80. The molecule has 0 spiro atoms. The van der Waals surface area contributed by atoms with Gasteiger partial charge in [0.2, 0.25) is 0 Å². The predicted octanol–water partition coefficient (Wildman–Crippen LogP) is 5.94. The minimum Gasteiger partial charge on any atom is -0.302 e. The number of alkyl halides is 6. The maximum Gasteiger partial charge on any atom is 0.416 e. The summed E-state index contributed by atoms with van der Waals surface area (Å²) in [6.45, 7) is 6.71. The van der Waals surface area contributed by atoms with E-state index < -0.39 is 40.4 Å². The Morgan fingerprint density at radius 2 is 1.67 bits per heavy atom. The van der Waals surface area contributed by atoms with Gasteiger partial charge in [0.25, 0.3) is 0 Å². The maximum atomic E-state index is 14.1. The van der Waals surface area contributed by atoms with Gasteiger partial charge in [-0.3, -0.25) is 14.7 Å². The molecule has 0 amide bonds. The van der Waals surface area contributed by atoms with E-state index >= 15 is 0 Å². The average molecular weight is 593 g/mol. The lowest BCUT2D eigenvalue weighted by molar-refractivity contribution is -0.143. The fourth-order valence-electron chi connectivity index (χ4n) is 5.33. The number of nitrogens with one attached hydrogen (secondary N) is 1. The summed E-state index contributed by atoms with van der Waals surface area (Å²) in [5.74, 6) is -0.800. The molecule has 0 aliphatic carbocycles. The lowest BCUT2D eigenvalue weighted by Gasteiger charge is -2.43. The lowest BCUT2D eigenvalue weighted by Crippen LogP contribution is -2.66. The zero-order valence-corrected chi connectivity index (χ0v) is 23.7. The van der Waals surface area contributed by atoms with Crippen LogP contribution in [0.15, 0.2) is 60.9 Å². The van der Waals surface area contributed by atoms with Crippen LogP contribution in [0.4, 0.5) is 26.3 Å². The molecule has 0 radical (unpaired) electrons. The van der Waals surface area contributed by atoms with E-state index in [0.29, 0.717) is 44.9 Å². The van der Waals surface area contributed by atoms with Crippen molar-refractivity contribution in [2.75, 3.05) is 39.8 Å². The van der Waals surface area contributed by atoms with Crippen molar-refractivity contribution < 1.29 is 31.1 Å². The third-order valence-corrected chi connectivity index (χ3v) is 7.72. The van der Waals surface area contributed by atoms with Crippen molar-refractivity contribution in [3.63, 3.8) is 0 Å². The number of rotatable bonds is 9. The molecule has 1 N–H and O–H groups in total. The molecule has 42 heavy (non-hydrogen) atoms. The van der Waals surface area contributed by atoms with E-state index in [0.717, 1.165) is 22.3 Å². The fourth-order valence-corrected chi connectivity index (χ4v) is 5.33. The number of hydrogen-bond donors (Lipinski definition) is 1. The van der Waals surface area contributed by atoms with Gasteiger partial charge in [0, 0.05) is 57.2 Å². The van der Waals surface area contributed by atoms with E-state index in [4.69, 9.17) is 0 Å². The van der Waals surface area contributed by atoms with Crippen LogP contribution < -0.4 is 5.32 Å². The second kappa shape index (κ2) is 12.5. The van der Waals surface area contributed by atoms with E-state index in [2.05, 4.69) is 15.2 Å². The number of pyridine rings is 1. The number of carbonyl (C=O) groups excluding carboxylic acids is 1. The highest BCUT2D eigenvalue weighted by Gasteiger charge is 2.44. The highest BCUT2D eigenvalue weighted by atomic mass is 19.4. The number of hydrogen-bond acceptors (Lipinski definition) is 5. The van der Waals surface area contributed by atoms with Gasteiger partial charge < -0.3 is 10.2 Å². The van der Waals surface area contributed by atoms with Gasteiger partial charge in [-0.25, -0.2) is 0 Å². The van der Waals surface area contributed by atoms with Gasteiger partial charge in [-0.05, 0) is 73.8 Å². The molecule has 0 bridgehead atoms. The molecular formula is C31H34F6N4O. The number of Topliss-reactive ketones (excluding diaryl/α,β-unsaturated/α-hetero) is 1. The summed E-state index contributed by atoms with van der Waals surface area (Å²) in [5.41, 5.74) is -1.28. The highest BCUT2D eigenvalue weighted by Crippen LogP contribution is 2.37. The number of carbonyl (C=O) groups is 1. The SMILES string of the molecule is Cc1ccc(CC2(C(=O)c3cc(C(F)(F)F)cc(C(F)(F)F)c3)CN(CCN(C)Cc3cccnc3)CCN2)cc1C. The zero-order valence-electron chi connectivity index (χ0n) is 23.7. The summed E-state index contributed by atoms with van der Waals surface area (Å²) < 4.78 is 81.9. The maximum absolute atomic E-state index is 14.1. The molecule has 3 aromatic rings. The summed E-state index contributed by atoms with van der Waals surface area (Å²) in [4.78, 5) is 22.4. The smallest absolute Gasteiger partial charge is 0.302 e. The average Bonchev–Trinajstić information content (AvgIpc) is 2.93. The molecule has 0 saturated carbocycles. The molecule has 1 aliphatic rings. The topological polar surface area (TPSA) is 48.5 Å². The summed E-state index contributed by atoms with van der Waals surface area (Å²) in [5, 5.41) is 3.21. The molecule has 4 rings (SSSR count). The normalized spacial score (nSPS) is 18.4. The van der Waals surface area contributed by atoms with Crippen molar-refractivity contribution in [3.8, 4) is 0 Å². The summed E-state index contributed by atoms with van der Waals surface area (Å²) in [6.07, 6.45) is -6.53. The monoisotopic (exact) mass is 592 g/mol. The number of likely N-dealkylation sites (N-methyl/N-ethyl adjacent to an activating group) is 1. The second-order valence-corrected chi connectivity index (χ2v) is 11.1. The summed E-state index contributed by atoms with van der Waals surface area (Å²) >= 11 is 0. The van der Waals surface area contributed by atoms with Crippen molar-refractivity contribution in [1.82, 2.24) is 20.1 Å². The van der Waals surface area contributed by atoms with Crippen LogP contribution in [0.1, 0.15) is 43.7 Å². The van der Waals surface area contributed by atoms with E-state index in [1.165, 1.54) is 0 Å². The first-order valence-electron chi connectivity index (χ1n) is 13.6. The molecule has 1 aromatic heterocycles. The van der Waals surface area contributed by atoms with Gasteiger partial charge in [0.05, 0.1) is 16.7 Å². The minimum atomic E-state index is -5.05. The summed E-state index contributed by atoms with van der Waals surface area (Å²) in [7, 11) is 1.95. The first-order chi connectivity index (χ1) is 19.7. The molecule has 226 valence electrons. The van der Waals surface area contributed by atoms with Gasteiger partial charge in [0.15, 0.2) is 5.78 Å². The Balaban J connectivity index is 1.66. The molecule has 1 aliphatic heterocycles. The summed E-state index contributed by atoms with van der Waals surface area (Å²) in [6, 6.07) is 10.6. The van der Waals surface area contributed by atoms with Gasteiger partial charge >= 0.3 is 12.4 Å². The first-order valence-corrected chi connectivity index (χ1v) is 13.6. The van der Waals surface area contributed by atoms with Crippen LogP contribution >= 0.6 is 0 Å². The quantitative estimate of drug-likeness (QED) is 0.246. The van der Waals surface area contributed by atoms with Crippen LogP contribution in [0.25, 0.3) is 0 Å². The number of aryl methyl sites for hydroxylation is 2. The Morgan fingerprint density at radius 1 is 0.976 bits per heavy atom. The molecule has 2 heterocycles. The largest absolute Gasteiger partial charge is 0.416 e. The number of aromatic nitrogens is 1. The zero-order chi connectivity index (χ0) is 30.7. The van der Waals surface area contributed by atoms with E-state index in [-0.39, 0.29) is 19.0 Å². The van der Waals surface area contributed by atoms with Crippen molar-refractivity contribution >= 4 is 5.78 Å². The standard InChI is InChI=1S/C31H34F6N4O/c1-21-6-7-23(13-22(21)2)17-29(28(42)25-14-26(30(32,33)34)16-27(15-25)31(35,36)37)20-41(10-9-39-29)12-11-40(3)19-24-5-4-8-38-18-24/h4-8,13-16,18,39H,9-12,17,19-20H2,1-3H3. The van der Waals surface area contributed by atoms with Gasteiger partial charge in [-0.1, -0.05) is 24.3 Å². The third-order valence-electron chi connectivity index (χ3n) is 7.72. The van der Waals surface area contributed by atoms with Crippen LogP contribution in [-0.4, -0.2) is 65.9 Å². The van der Waals surface area contributed by atoms with E-state index in [1.54, 1.807) is 12.4 Å². The third kappa shape index (κ3) is 7.76. The number of benzene rings is 2. The molecule has 1 fully saturated rings. The predicted molar refractivity (Wildman–Crippen MR) is 148 cm³/mol. The van der Waals surface area contributed by atoms with Crippen LogP contribution in [0.2, 0.25) is 0 Å². The van der Waals surface area contributed by atoms with Crippen LogP contribution in [0, 0.1) is 13.8 Å². The Morgan fingerprint density at radius 3 is 2.26 bits per heavy atom. The van der Waals surface area contributed by atoms with Crippen molar-refractivity contribution in [2.24, 2.45) is 0 Å². The molecule has 1 atom stereocenters. The Kier molecular flexibility index (Phi) is 9.44. The fraction of sp³-hybridized carbons (Fsp3) is 0.419.